The quantitative estimate of drug-likeness (QED) is 0.0521. The first-order valence-electron chi connectivity index (χ1n) is 16.1. The number of halogens is 2. The van der Waals surface area contributed by atoms with Crippen molar-refractivity contribution in [2.45, 2.75) is 88.7 Å². The molecule has 0 saturated carbocycles. The summed E-state index contributed by atoms with van der Waals surface area (Å²) in [7, 11) is -2.29. The van der Waals surface area contributed by atoms with E-state index in [-0.39, 0.29) is 34.1 Å². The fourth-order valence-electron chi connectivity index (χ4n) is 7.60. The first-order valence-corrected chi connectivity index (χ1v) is 19.5. The Kier molecular flexibility index (Phi) is 9.71. The number of nitrogens with zero attached hydrogens (tertiary/aromatic N) is 4. The summed E-state index contributed by atoms with van der Waals surface area (Å²) in [6.07, 6.45) is 3.04. The molecule has 1 aromatic heterocycles. The van der Waals surface area contributed by atoms with Crippen molar-refractivity contribution in [1.82, 2.24) is 9.97 Å². The predicted octanol–water partition coefficient (Wildman–Crippen LogP) is 9.28. The van der Waals surface area contributed by atoms with Crippen molar-refractivity contribution in [3.63, 3.8) is 0 Å². The van der Waals surface area contributed by atoms with E-state index in [1.54, 1.807) is 37.4 Å². The highest BCUT2D eigenvalue weighted by Crippen LogP contribution is 2.45. The summed E-state index contributed by atoms with van der Waals surface area (Å²) in [5.41, 5.74) is 2.94. The molecule has 47 heavy (non-hydrogen) atoms. The van der Waals surface area contributed by atoms with Crippen LogP contribution in [0, 0.1) is 33.2 Å². The first kappa shape index (κ1) is 34.7. The van der Waals surface area contributed by atoms with Crippen LogP contribution in [0.1, 0.15) is 66.9 Å². The van der Waals surface area contributed by atoms with E-state index in [4.69, 9.17) is 0 Å². The number of aromatic nitrogens is 2. The van der Waals surface area contributed by atoms with Crippen molar-refractivity contribution in [2.24, 2.45) is 0 Å². The van der Waals surface area contributed by atoms with Crippen LogP contribution in [0.2, 0.25) is 16.6 Å². The molecule has 1 unspecified atom stereocenters. The molecule has 0 amide bonds. The molecular formula is C36H42F2N4O3SSi. The van der Waals surface area contributed by atoms with Gasteiger partial charge in [0.1, 0.15) is 25.2 Å². The lowest BCUT2D eigenvalue weighted by atomic mass is 9.92. The van der Waals surface area contributed by atoms with E-state index in [2.05, 4.69) is 63.0 Å². The van der Waals surface area contributed by atoms with Gasteiger partial charge in [0, 0.05) is 30.1 Å². The lowest BCUT2D eigenvalue weighted by Crippen LogP contribution is -2.46. The van der Waals surface area contributed by atoms with Crippen molar-refractivity contribution in [3.8, 4) is 22.6 Å². The summed E-state index contributed by atoms with van der Waals surface area (Å²) in [5, 5.41) is 24.9. The first-order chi connectivity index (χ1) is 22.1. The second kappa shape index (κ2) is 13.1. The minimum atomic E-state index is -2.29. The predicted molar refractivity (Wildman–Crippen MR) is 191 cm³/mol. The second-order valence-electron chi connectivity index (χ2n) is 13.8. The Morgan fingerprint density at radius 1 is 1.09 bits per heavy atom. The number of benzene rings is 3. The maximum atomic E-state index is 17.0. The molecule has 11 heteroatoms. The van der Waals surface area contributed by atoms with E-state index in [9.17, 15) is 15.2 Å². The van der Waals surface area contributed by atoms with Gasteiger partial charge in [-0.2, -0.15) is 0 Å². The zero-order valence-corrected chi connectivity index (χ0v) is 30.1. The van der Waals surface area contributed by atoms with Crippen molar-refractivity contribution in [3.05, 3.63) is 63.7 Å². The van der Waals surface area contributed by atoms with Crippen LogP contribution in [-0.2, 0) is 0 Å². The van der Waals surface area contributed by atoms with Crippen molar-refractivity contribution < 1.29 is 18.8 Å². The third kappa shape index (κ3) is 6.23. The number of piperidine rings is 1. The molecule has 0 aliphatic carbocycles. The standard InChI is InChI=1S/C36H42F2N4O3SSi/c1-21(2)47(22(3)4,23(5)6)18-15-25-28(37)14-13-24-11-9-12-26(30(24)25)31-29(42(44)45)19-27-33(32(31)38)39-35(46-8)40-34(27)41-17-10-16-36(7,43)20-41/h9,11-14,19,21-23,43H,10,16-17,20H2,1-8H3. The summed E-state index contributed by atoms with van der Waals surface area (Å²) in [4.78, 5) is 23.1. The topological polar surface area (TPSA) is 92.4 Å². The molecule has 0 bridgehead atoms. The van der Waals surface area contributed by atoms with Gasteiger partial charge < -0.3 is 10.0 Å². The number of rotatable bonds is 7. The van der Waals surface area contributed by atoms with E-state index >= 15 is 8.78 Å². The normalized spacial score (nSPS) is 17.2. The molecule has 1 aliphatic rings. The Balaban J connectivity index is 1.86. The van der Waals surface area contributed by atoms with E-state index < -0.39 is 35.9 Å². The number of β-amino-alcohol motifs (C(OH)–C–C–N with tert-alkyl or cyclic N) is 1. The van der Waals surface area contributed by atoms with E-state index in [1.165, 1.54) is 23.9 Å². The van der Waals surface area contributed by atoms with Gasteiger partial charge in [0.15, 0.2) is 11.0 Å². The SMILES string of the molecule is CSc1nc(N2CCCC(C)(O)C2)c2cc([N+](=O)[O-])c(-c3cccc4ccc(F)c(C#C[Si](C(C)C)(C(C)C)C(C)C)c34)c(F)c2n1. The summed E-state index contributed by atoms with van der Waals surface area (Å²) in [5.74, 6) is 2.10. The number of fused-ring (bicyclic) bond motifs is 2. The molecular weight excluding hydrogens is 635 g/mol. The molecule has 7 nitrogen and oxygen atoms in total. The van der Waals surface area contributed by atoms with Crippen LogP contribution in [0.5, 0.6) is 0 Å². The summed E-state index contributed by atoms with van der Waals surface area (Å²) in [6, 6.07) is 9.31. The van der Waals surface area contributed by atoms with Crippen LogP contribution < -0.4 is 4.90 Å². The molecule has 0 spiro atoms. The molecule has 5 rings (SSSR count). The van der Waals surface area contributed by atoms with Gasteiger partial charge in [-0.05, 0) is 54.1 Å². The van der Waals surface area contributed by atoms with Crippen LogP contribution in [0.3, 0.4) is 0 Å². The number of nitro benzene ring substituents is 1. The van der Waals surface area contributed by atoms with Gasteiger partial charge in [0.05, 0.1) is 27.0 Å². The lowest BCUT2D eigenvalue weighted by molar-refractivity contribution is -0.384. The summed E-state index contributed by atoms with van der Waals surface area (Å²) in [6.45, 7) is 15.5. The molecule has 4 aromatic rings. The molecule has 1 aliphatic heterocycles. The van der Waals surface area contributed by atoms with Crippen LogP contribution in [0.4, 0.5) is 20.3 Å². The number of thioether (sulfide) groups is 1. The van der Waals surface area contributed by atoms with Crippen molar-refractivity contribution in [2.75, 3.05) is 24.2 Å². The molecule has 1 N–H and O–H groups in total. The van der Waals surface area contributed by atoms with Gasteiger partial charge in [-0.15, -0.1) is 5.54 Å². The smallest absolute Gasteiger partial charge is 0.281 e. The van der Waals surface area contributed by atoms with Crippen molar-refractivity contribution >= 4 is 53.0 Å². The summed E-state index contributed by atoms with van der Waals surface area (Å²) >= 11 is 1.23. The fourth-order valence-corrected chi connectivity index (χ4v) is 13.2. The number of hydrogen-bond donors (Lipinski definition) is 1. The van der Waals surface area contributed by atoms with Gasteiger partial charge in [-0.1, -0.05) is 83.5 Å². The van der Waals surface area contributed by atoms with Gasteiger partial charge >= 0.3 is 0 Å². The third-order valence-electron chi connectivity index (χ3n) is 9.76. The molecule has 2 heterocycles. The van der Waals surface area contributed by atoms with Crippen LogP contribution >= 0.6 is 11.8 Å². The molecule has 1 saturated heterocycles. The number of aliphatic hydroxyl groups is 1. The minimum absolute atomic E-state index is 0.0722. The highest BCUT2D eigenvalue weighted by atomic mass is 32.2. The average Bonchev–Trinajstić information content (AvgIpc) is 3.00. The molecule has 248 valence electrons. The second-order valence-corrected chi connectivity index (χ2v) is 20.1. The Morgan fingerprint density at radius 3 is 2.36 bits per heavy atom. The molecule has 1 fully saturated rings. The largest absolute Gasteiger partial charge is 0.388 e. The van der Waals surface area contributed by atoms with Gasteiger partial charge in [0.2, 0.25) is 0 Å². The van der Waals surface area contributed by atoms with Crippen LogP contribution in [0.15, 0.2) is 41.6 Å². The zero-order chi connectivity index (χ0) is 34.4. The van der Waals surface area contributed by atoms with Gasteiger partial charge in [-0.3, -0.25) is 10.1 Å². The van der Waals surface area contributed by atoms with Gasteiger partial charge in [0.25, 0.3) is 5.69 Å². The zero-order valence-electron chi connectivity index (χ0n) is 28.2. The van der Waals surface area contributed by atoms with E-state index in [1.807, 2.05) is 4.90 Å². The van der Waals surface area contributed by atoms with Crippen LogP contribution in [0.25, 0.3) is 32.8 Å². The number of anilines is 1. The van der Waals surface area contributed by atoms with E-state index in [0.29, 0.717) is 57.8 Å². The lowest BCUT2D eigenvalue weighted by Gasteiger charge is -2.38. The highest BCUT2D eigenvalue weighted by Gasteiger charge is 2.42. The maximum Gasteiger partial charge on any atom is 0.281 e. The number of hydrogen-bond acceptors (Lipinski definition) is 7. The monoisotopic (exact) mass is 676 g/mol. The minimum Gasteiger partial charge on any atom is -0.388 e. The fraction of sp³-hybridized carbons (Fsp3) is 0.444. The van der Waals surface area contributed by atoms with E-state index in [0.717, 1.165) is 0 Å². The Labute approximate surface area is 280 Å². The third-order valence-corrected chi connectivity index (χ3v) is 16.6. The average molecular weight is 677 g/mol. The Morgan fingerprint density at radius 2 is 1.77 bits per heavy atom. The summed E-state index contributed by atoms with van der Waals surface area (Å²) < 4.78 is 32.9. The molecule has 1 atom stereocenters. The Bertz CT molecular complexity index is 1920. The Hall–Kier alpha value is -3.59. The van der Waals surface area contributed by atoms with Crippen LogP contribution in [-0.4, -0.2) is 53.0 Å². The van der Waals surface area contributed by atoms with Crippen molar-refractivity contribution in [1.29, 1.82) is 0 Å². The molecule has 0 radical (unpaired) electrons. The van der Waals surface area contributed by atoms with Gasteiger partial charge in [-0.25, -0.2) is 18.7 Å². The molecule has 3 aromatic carbocycles. The highest BCUT2D eigenvalue weighted by molar-refractivity contribution is 7.98. The maximum absolute atomic E-state index is 17.0. The number of nitro groups is 1.